The molecule has 1 N–H and O–H groups in total. The maximum absolute atomic E-state index is 14.8. The Labute approximate surface area is 152 Å². The summed E-state index contributed by atoms with van der Waals surface area (Å²) in [5, 5.41) is 9.31. The van der Waals surface area contributed by atoms with Gasteiger partial charge in [-0.15, -0.1) is 0 Å². The summed E-state index contributed by atoms with van der Waals surface area (Å²) < 4.78 is 18.6. The molecule has 138 valence electrons. The average Bonchev–Trinajstić information content (AvgIpc) is 3.38. The molecule has 0 bridgehead atoms. The Morgan fingerprint density at radius 2 is 2.11 bits per heavy atom. The highest BCUT2D eigenvalue weighted by Crippen LogP contribution is 2.37. The maximum Gasteiger partial charge on any atom is 0.341 e. The lowest BCUT2D eigenvalue weighted by molar-refractivity contribution is 0.0695. The van der Waals surface area contributed by atoms with E-state index in [2.05, 4.69) is 9.97 Å². The van der Waals surface area contributed by atoms with Crippen molar-refractivity contribution in [3.63, 3.8) is 0 Å². The van der Waals surface area contributed by atoms with Crippen LogP contribution in [-0.4, -0.2) is 36.7 Å². The zero-order valence-corrected chi connectivity index (χ0v) is 14.3. The molecular formula is C18H16FN5O3. The van der Waals surface area contributed by atoms with Gasteiger partial charge in [-0.05, 0) is 18.9 Å². The van der Waals surface area contributed by atoms with Crippen LogP contribution in [0.1, 0.15) is 35.1 Å². The van der Waals surface area contributed by atoms with Crippen molar-refractivity contribution in [1.29, 1.82) is 0 Å². The van der Waals surface area contributed by atoms with Crippen molar-refractivity contribution in [2.75, 3.05) is 11.4 Å². The molecule has 1 fully saturated rings. The lowest BCUT2D eigenvalue weighted by Crippen LogP contribution is -2.35. The molecule has 1 saturated carbocycles. The Morgan fingerprint density at radius 1 is 1.30 bits per heavy atom. The van der Waals surface area contributed by atoms with Gasteiger partial charge < -0.3 is 19.1 Å². The van der Waals surface area contributed by atoms with Crippen molar-refractivity contribution in [2.45, 2.75) is 32.0 Å². The summed E-state index contributed by atoms with van der Waals surface area (Å²) in [5.41, 5.74) is -0.734. The molecule has 3 aromatic heterocycles. The van der Waals surface area contributed by atoms with Crippen LogP contribution in [0, 0.1) is 5.82 Å². The highest BCUT2D eigenvalue weighted by Gasteiger charge is 2.29. The molecule has 0 amide bonds. The van der Waals surface area contributed by atoms with Gasteiger partial charge in [0, 0.05) is 37.7 Å². The van der Waals surface area contributed by atoms with Crippen LogP contribution in [-0.2, 0) is 13.1 Å². The predicted octanol–water partition coefficient (Wildman–Crippen LogP) is 1.79. The van der Waals surface area contributed by atoms with Gasteiger partial charge in [0.2, 0.25) is 5.43 Å². The lowest BCUT2D eigenvalue weighted by atomic mass is 10.1. The molecule has 5 rings (SSSR count). The smallest absolute Gasteiger partial charge is 0.341 e. The summed E-state index contributed by atoms with van der Waals surface area (Å²) in [7, 11) is 0. The van der Waals surface area contributed by atoms with Gasteiger partial charge in [-0.1, -0.05) is 0 Å². The van der Waals surface area contributed by atoms with Crippen LogP contribution in [0.25, 0.3) is 11.0 Å². The third-order valence-electron chi connectivity index (χ3n) is 5.15. The van der Waals surface area contributed by atoms with E-state index >= 15 is 0 Å². The van der Waals surface area contributed by atoms with Crippen LogP contribution in [0.3, 0.4) is 0 Å². The van der Waals surface area contributed by atoms with E-state index < -0.39 is 17.2 Å². The van der Waals surface area contributed by atoms with E-state index in [4.69, 9.17) is 0 Å². The number of imidazole rings is 1. The van der Waals surface area contributed by atoms with E-state index in [1.807, 2.05) is 10.8 Å². The molecule has 4 heterocycles. The normalized spacial score (nSPS) is 16.6. The van der Waals surface area contributed by atoms with Crippen LogP contribution < -0.4 is 10.3 Å². The van der Waals surface area contributed by atoms with Gasteiger partial charge in [0.1, 0.15) is 17.0 Å². The first-order valence-electron chi connectivity index (χ1n) is 8.76. The van der Waals surface area contributed by atoms with E-state index in [1.54, 1.807) is 15.7 Å². The van der Waals surface area contributed by atoms with Crippen LogP contribution in [0.5, 0.6) is 0 Å². The summed E-state index contributed by atoms with van der Waals surface area (Å²) in [4.78, 5) is 34.4. The second kappa shape index (κ2) is 5.63. The zero-order chi connectivity index (χ0) is 18.7. The second-order valence-electron chi connectivity index (χ2n) is 6.94. The minimum atomic E-state index is -1.32. The molecule has 9 heteroatoms. The van der Waals surface area contributed by atoms with E-state index in [9.17, 15) is 19.1 Å². The number of anilines is 1. The van der Waals surface area contributed by atoms with E-state index in [0.717, 1.165) is 24.7 Å². The fourth-order valence-electron chi connectivity index (χ4n) is 3.60. The molecule has 2 aliphatic rings. The van der Waals surface area contributed by atoms with Crippen molar-refractivity contribution in [3.05, 3.63) is 52.1 Å². The molecule has 0 aromatic carbocycles. The summed E-state index contributed by atoms with van der Waals surface area (Å²) in [5.74, 6) is -0.967. The number of carboxylic acid groups (broad SMARTS) is 1. The largest absolute Gasteiger partial charge is 0.477 e. The molecular weight excluding hydrogens is 353 g/mol. The lowest BCUT2D eigenvalue weighted by Gasteiger charge is -2.29. The highest BCUT2D eigenvalue weighted by atomic mass is 19.1. The molecule has 1 aliphatic heterocycles. The standard InChI is InChI=1S/C18H16FN5O3/c19-13-7-11-15(25)12(18(26)27)8-24(10-1-2-10)16(11)21-17(13)23-6-5-22-4-3-20-14(22)9-23/h3-4,7-8,10H,1-2,5-6,9H2,(H,26,27). The number of rotatable bonds is 3. The van der Waals surface area contributed by atoms with Crippen molar-refractivity contribution in [2.24, 2.45) is 0 Å². The molecule has 27 heavy (non-hydrogen) atoms. The van der Waals surface area contributed by atoms with Gasteiger partial charge in [-0.2, -0.15) is 0 Å². The topological polar surface area (TPSA) is 93.2 Å². The number of hydrogen-bond acceptors (Lipinski definition) is 5. The van der Waals surface area contributed by atoms with Gasteiger partial charge in [-0.25, -0.2) is 19.2 Å². The van der Waals surface area contributed by atoms with Gasteiger partial charge in [0.25, 0.3) is 0 Å². The van der Waals surface area contributed by atoms with Crippen molar-refractivity contribution >= 4 is 22.8 Å². The number of pyridine rings is 2. The number of hydrogen-bond donors (Lipinski definition) is 1. The Bertz CT molecular complexity index is 1150. The Kier molecular flexibility index (Phi) is 3.33. The number of carboxylic acids is 1. The Hall–Kier alpha value is -3.23. The van der Waals surface area contributed by atoms with Gasteiger partial charge in [0.05, 0.1) is 11.9 Å². The van der Waals surface area contributed by atoms with E-state index in [1.165, 1.54) is 6.20 Å². The van der Waals surface area contributed by atoms with Crippen LogP contribution in [0.2, 0.25) is 0 Å². The summed E-state index contributed by atoms with van der Waals surface area (Å²) >= 11 is 0. The Balaban J connectivity index is 1.68. The molecule has 0 spiro atoms. The average molecular weight is 369 g/mol. The molecule has 0 unspecified atom stereocenters. The van der Waals surface area contributed by atoms with Crippen LogP contribution in [0.15, 0.2) is 29.5 Å². The first-order chi connectivity index (χ1) is 13.0. The van der Waals surface area contributed by atoms with Gasteiger partial charge >= 0.3 is 5.97 Å². The van der Waals surface area contributed by atoms with Crippen LogP contribution in [0.4, 0.5) is 10.2 Å². The fourth-order valence-corrected chi connectivity index (χ4v) is 3.60. The number of aromatic carboxylic acids is 1. The third kappa shape index (κ3) is 2.49. The molecule has 0 atom stereocenters. The predicted molar refractivity (Wildman–Crippen MR) is 94.5 cm³/mol. The number of nitrogens with zero attached hydrogens (tertiary/aromatic N) is 5. The molecule has 3 aromatic rings. The van der Waals surface area contributed by atoms with E-state index in [0.29, 0.717) is 25.3 Å². The minimum Gasteiger partial charge on any atom is -0.477 e. The minimum absolute atomic E-state index is 0.00144. The molecule has 0 saturated heterocycles. The quantitative estimate of drug-likeness (QED) is 0.757. The molecule has 1 aliphatic carbocycles. The summed E-state index contributed by atoms with van der Waals surface area (Å²) in [6, 6.07) is 1.21. The monoisotopic (exact) mass is 369 g/mol. The maximum atomic E-state index is 14.8. The second-order valence-corrected chi connectivity index (χ2v) is 6.94. The van der Waals surface area contributed by atoms with Gasteiger partial charge in [0.15, 0.2) is 11.6 Å². The number of halogens is 1. The van der Waals surface area contributed by atoms with Crippen molar-refractivity contribution in [1.82, 2.24) is 19.1 Å². The molecule has 8 nitrogen and oxygen atoms in total. The summed E-state index contributed by atoms with van der Waals surface area (Å²) in [6.07, 6.45) is 6.69. The third-order valence-corrected chi connectivity index (χ3v) is 5.15. The number of fused-ring (bicyclic) bond motifs is 2. The molecule has 0 radical (unpaired) electrons. The van der Waals surface area contributed by atoms with E-state index in [-0.39, 0.29) is 22.8 Å². The summed E-state index contributed by atoms with van der Waals surface area (Å²) in [6.45, 7) is 1.66. The van der Waals surface area contributed by atoms with Crippen molar-refractivity contribution < 1.29 is 14.3 Å². The first kappa shape index (κ1) is 16.0. The SMILES string of the molecule is O=C(O)c1cn(C2CC2)c2nc(N3CCn4ccnc4C3)c(F)cc2c1=O. The van der Waals surface area contributed by atoms with Gasteiger partial charge in [-0.3, -0.25) is 4.79 Å². The van der Waals surface area contributed by atoms with Crippen LogP contribution >= 0.6 is 0 Å². The first-order valence-corrected chi connectivity index (χ1v) is 8.76. The highest BCUT2D eigenvalue weighted by molar-refractivity contribution is 5.92. The zero-order valence-electron chi connectivity index (χ0n) is 14.3. The Morgan fingerprint density at radius 3 is 2.85 bits per heavy atom. The number of carbonyl (C=O) groups is 1. The fraction of sp³-hybridized carbons (Fsp3) is 0.333. The number of aromatic nitrogens is 4. The van der Waals surface area contributed by atoms with Crippen molar-refractivity contribution in [3.8, 4) is 0 Å².